The largest absolute Gasteiger partial charge is 0.381 e. The van der Waals surface area contributed by atoms with Gasteiger partial charge in [-0.05, 0) is 39.5 Å². The van der Waals surface area contributed by atoms with E-state index in [1.807, 2.05) is 13.8 Å². The molecule has 0 aliphatic heterocycles. The van der Waals surface area contributed by atoms with Crippen molar-refractivity contribution in [2.24, 2.45) is 5.92 Å². The van der Waals surface area contributed by atoms with Crippen LogP contribution in [0.3, 0.4) is 0 Å². The van der Waals surface area contributed by atoms with Crippen LogP contribution in [-0.2, 0) is 9.59 Å². The van der Waals surface area contributed by atoms with E-state index in [9.17, 15) is 14.7 Å². The van der Waals surface area contributed by atoms with Crippen LogP contribution in [0.25, 0.3) is 0 Å². The van der Waals surface area contributed by atoms with E-state index in [2.05, 4.69) is 5.32 Å². The van der Waals surface area contributed by atoms with Gasteiger partial charge in [-0.15, -0.1) is 0 Å². The average Bonchev–Trinajstić information content (AvgIpc) is 2.45. The molecule has 1 fully saturated rings. The molecule has 1 aliphatic rings. The van der Waals surface area contributed by atoms with Crippen molar-refractivity contribution < 1.29 is 14.7 Å². The van der Waals surface area contributed by atoms with Crippen molar-refractivity contribution in [3.05, 3.63) is 0 Å². The lowest BCUT2D eigenvalue weighted by Gasteiger charge is -2.32. The fraction of sp³-hybridized carbons (Fsp3) is 0.867. The van der Waals surface area contributed by atoms with Gasteiger partial charge in [0.1, 0.15) is 0 Å². The van der Waals surface area contributed by atoms with E-state index < -0.39 is 12.1 Å². The molecule has 0 bridgehead atoms. The first-order valence-corrected chi connectivity index (χ1v) is 7.65. The Morgan fingerprint density at radius 1 is 1.30 bits per heavy atom. The lowest BCUT2D eigenvalue weighted by molar-refractivity contribution is -0.136. The number of rotatable bonds is 7. The maximum atomic E-state index is 12.0. The lowest BCUT2D eigenvalue weighted by atomic mass is 9.89. The third kappa shape index (κ3) is 4.78. The zero-order valence-electron chi connectivity index (χ0n) is 12.8. The van der Waals surface area contributed by atoms with Crippen molar-refractivity contribution in [1.29, 1.82) is 0 Å². The first-order chi connectivity index (χ1) is 9.47. The summed E-state index contributed by atoms with van der Waals surface area (Å²) < 4.78 is 0. The van der Waals surface area contributed by atoms with Crippen LogP contribution in [0.2, 0.25) is 0 Å². The van der Waals surface area contributed by atoms with Gasteiger partial charge < -0.3 is 15.3 Å². The van der Waals surface area contributed by atoms with E-state index >= 15 is 0 Å². The molecular formula is C15H28N2O3. The molecule has 0 heterocycles. The average molecular weight is 284 g/mol. The SMILES string of the molecule is CC(C)N(C=O)C(C)C(O)C(=O)NCC1CCCCC1. The summed E-state index contributed by atoms with van der Waals surface area (Å²) in [5.41, 5.74) is 0. The summed E-state index contributed by atoms with van der Waals surface area (Å²) in [7, 11) is 0. The number of carbonyl (C=O) groups is 2. The Labute approximate surface area is 121 Å². The van der Waals surface area contributed by atoms with Crippen molar-refractivity contribution in [3.8, 4) is 0 Å². The smallest absolute Gasteiger partial charge is 0.250 e. The number of carbonyl (C=O) groups excluding carboxylic acids is 2. The Hall–Kier alpha value is -1.10. The van der Waals surface area contributed by atoms with Gasteiger partial charge in [0.2, 0.25) is 6.41 Å². The van der Waals surface area contributed by atoms with Crippen LogP contribution < -0.4 is 5.32 Å². The van der Waals surface area contributed by atoms with Crippen LogP contribution >= 0.6 is 0 Å². The van der Waals surface area contributed by atoms with E-state index in [1.165, 1.54) is 24.2 Å². The maximum Gasteiger partial charge on any atom is 0.250 e. The van der Waals surface area contributed by atoms with E-state index in [-0.39, 0.29) is 11.9 Å². The minimum atomic E-state index is -1.17. The molecule has 0 saturated heterocycles. The van der Waals surface area contributed by atoms with Crippen LogP contribution in [0.1, 0.15) is 52.9 Å². The molecule has 2 atom stereocenters. The number of aliphatic hydroxyl groups is 1. The van der Waals surface area contributed by atoms with E-state index in [1.54, 1.807) is 6.92 Å². The molecule has 116 valence electrons. The van der Waals surface area contributed by atoms with Crippen molar-refractivity contribution in [2.75, 3.05) is 6.54 Å². The predicted octanol–water partition coefficient (Wildman–Crippen LogP) is 1.30. The van der Waals surface area contributed by atoms with Gasteiger partial charge in [0, 0.05) is 12.6 Å². The molecule has 2 N–H and O–H groups in total. The zero-order valence-corrected chi connectivity index (χ0v) is 12.8. The molecule has 0 aromatic rings. The molecule has 2 unspecified atom stereocenters. The van der Waals surface area contributed by atoms with Gasteiger partial charge in [-0.3, -0.25) is 9.59 Å². The van der Waals surface area contributed by atoms with Crippen molar-refractivity contribution >= 4 is 12.3 Å². The Bertz CT molecular complexity index is 314. The first kappa shape index (κ1) is 17.0. The van der Waals surface area contributed by atoms with Crippen molar-refractivity contribution in [1.82, 2.24) is 10.2 Å². The summed E-state index contributed by atoms with van der Waals surface area (Å²) in [6, 6.07) is -0.554. The molecule has 1 rings (SSSR count). The van der Waals surface area contributed by atoms with Crippen molar-refractivity contribution in [3.63, 3.8) is 0 Å². The molecule has 5 heteroatoms. The van der Waals surface area contributed by atoms with E-state index in [0.717, 1.165) is 12.8 Å². The Morgan fingerprint density at radius 2 is 1.90 bits per heavy atom. The highest BCUT2D eigenvalue weighted by Gasteiger charge is 2.28. The third-order valence-corrected chi connectivity index (χ3v) is 4.20. The second kappa shape index (κ2) is 8.25. The first-order valence-electron chi connectivity index (χ1n) is 7.65. The van der Waals surface area contributed by atoms with Crippen LogP contribution in [0.15, 0.2) is 0 Å². The highest BCUT2D eigenvalue weighted by Crippen LogP contribution is 2.22. The van der Waals surface area contributed by atoms with E-state index in [4.69, 9.17) is 0 Å². The second-order valence-corrected chi connectivity index (χ2v) is 6.08. The number of aliphatic hydroxyl groups excluding tert-OH is 1. The van der Waals surface area contributed by atoms with Gasteiger partial charge in [0.15, 0.2) is 6.10 Å². The van der Waals surface area contributed by atoms with Crippen LogP contribution in [0.4, 0.5) is 0 Å². The fourth-order valence-corrected chi connectivity index (χ4v) is 2.81. The molecule has 1 aliphatic carbocycles. The van der Waals surface area contributed by atoms with Crippen molar-refractivity contribution in [2.45, 2.75) is 71.1 Å². The minimum absolute atomic E-state index is 0.0386. The van der Waals surface area contributed by atoms with Gasteiger partial charge in [-0.1, -0.05) is 19.3 Å². The Balaban J connectivity index is 2.42. The molecule has 20 heavy (non-hydrogen) atoms. The summed E-state index contributed by atoms with van der Waals surface area (Å²) >= 11 is 0. The number of hydrogen-bond donors (Lipinski definition) is 2. The predicted molar refractivity (Wildman–Crippen MR) is 78.1 cm³/mol. The van der Waals surface area contributed by atoms with Gasteiger partial charge in [0.05, 0.1) is 6.04 Å². The maximum absolute atomic E-state index is 12.0. The summed E-state index contributed by atoms with van der Waals surface area (Å²) in [4.78, 5) is 24.4. The minimum Gasteiger partial charge on any atom is -0.381 e. The van der Waals surface area contributed by atoms with Crippen LogP contribution in [-0.4, -0.2) is 47.1 Å². The number of amides is 2. The molecule has 2 amide bonds. The number of nitrogens with one attached hydrogen (secondary N) is 1. The van der Waals surface area contributed by atoms with Gasteiger partial charge in [-0.25, -0.2) is 0 Å². The molecule has 0 spiro atoms. The summed E-state index contributed by atoms with van der Waals surface area (Å²) in [5, 5.41) is 12.9. The highest BCUT2D eigenvalue weighted by atomic mass is 16.3. The number of nitrogens with zero attached hydrogens (tertiary/aromatic N) is 1. The Kier molecular flexibility index (Phi) is 6.99. The topological polar surface area (TPSA) is 69.6 Å². The molecule has 0 aromatic heterocycles. The molecule has 0 radical (unpaired) electrons. The fourth-order valence-electron chi connectivity index (χ4n) is 2.81. The molecule has 0 aromatic carbocycles. The molecular weight excluding hydrogens is 256 g/mol. The number of hydrogen-bond acceptors (Lipinski definition) is 3. The zero-order chi connectivity index (χ0) is 15.1. The summed E-state index contributed by atoms with van der Waals surface area (Å²) in [6.45, 7) is 6.04. The van der Waals surface area contributed by atoms with Gasteiger partial charge in [-0.2, -0.15) is 0 Å². The lowest BCUT2D eigenvalue weighted by Crippen LogP contribution is -2.51. The molecule has 5 nitrogen and oxygen atoms in total. The normalized spacial score (nSPS) is 19.4. The van der Waals surface area contributed by atoms with Gasteiger partial charge >= 0.3 is 0 Å². The van der Waals surface area contributed by atoms with Crippen LogP contribution in [0, 0.1) is 5.92 Å². The standard InChI is InChI=1S/C15H28N2O3/c1-11(2)17(10-18)12(3)14(19)15(20)16-9-13-7-5-4-6-8-13/h10-14,19H,4-9H2,1-3H3,(H,16,20). The summed E-state index contributed by atoms with van der Waals surface area (Å²) in [6.07, 6.45) is 5.56. The monoisotopic (exact) mass is 284 g/mol. The highest BCUT2D eigenvalue weighted by molar-refractivity contribution is 5.81. The second-order valence-electron chi connectivity index (χ2n) is 6.08. The van der Waals surface area contributed by atoms with E-state index in [0.29, 0.717) is 18.9 Å². The third-order valence-electron chi connectivity index (χ3n) is 4.20. The quantitative estimate of drug-likeness (QED) is 0.692. The van der Waals surface area contributed by atoms with Gasteiger partial charge in [0.25, 0.3) is 5.91 Å². The summed E-state index contributed by atoms with van der Waals surface area (Å²) in [5.74, 6) is 0.151. The molecule has 1 saturated carbocycles. The Morgan fingerprint density at radius 3 is 2.40 bits per heavy atom. The van der Waals surface area contributed by atoms with Crippen LogP contribution in [0.5, 0.6) is 0 Å².